The molecule has 0 aliphatic heterocycles. The lowest BCUT2D eigenvalue weighted by atomic mass is 10.0. The number of nitrogens with one attached hydrogen (secondary N) is 1. The molecule has 92 valence electrons. The first-order valence-corrected chi connectivity index (χ1v) is 5.72. The third-order valence-electron chi connectivity index (χ3n) is 2.57. The molecule has 0 fully saturated rings. The van der Waals surface area contributed by atoms with Crippen molar-refractivity contribution in [2.45, 2.75) is 19.9 Å². The standard InChI is InChI=1S/C14H19NO2/c1-4-11-6-5-7-12(8-11)13(9-16)15-14(17)10(2)3/h4-8,10,13,16H,1,9H2,2-3H3,(H,15,17). The van der Waals surface area contributed by atoms with E-state index < -0.39 is 0 Å². The Labute approximate surface area is 102 Å². The van der Waals surface area contributed by atoms with Crippen LogP contribution in [0, 0.1) is 5.92 Å². The van der Waals surface area contributed by atoms with Crippen LogP contribution in [-0.4, -0.2) is 17.6 Å². The summed E-state index contributed by atoms with van der Waals surface area (Å²) in [5.74, 6) is -0.153. The minimum absolute atomic E-state index is 0.0620. The van der Waals surface area contributed by atoms with Gasteiger partial charge in [-0.25, -0.2) is 0 Å². The summed E-state index contributed by atoms with van der Waals surface area (Å²) >= 11 is 0. The van der Waals surface area contributed by atoms with Crippen molar-refractivity contribution >= 4 is 12.0 Å². The fourth-order valence-corrected chi connectivity index (χ4v) is 1.48. The largest absolute Gasteiger partial charge is 0.394 e. The van der Waals surface area contributed by atoms with Crippen molar-refractivity contribution in [2.24, 2.45) is 5.92 Å². The molecular weight excluding hydrogens is 214 g/mol. The van der Waals surface area contributed by atoms with Crippen LogP contribution in [0.3, 0.4) is 0 Å². The molecule has 0 aromatic heterocycles. The van der Waals surface area contributed by atoms with Gasteiger partial charge in [-0.3, -0.25) is 4.79 Å². The van der Waals surface area contributed by atoms with E-state index in [1.165, 1.54) is 0 Å². The molecule has 1 unspecified atom stereocenters. The van der Waals surface area contributed by atoms with Gasteiger partial charge in [0, 0.05) is 5.92 Å². The molecule has 3 nitrogen and oxygen atoms in total. The highest BCUT2D eigenvalue weighted by molar-refractivity contribution is 5.78. The van der Waals surface area contributed by atoms with E-state index in [0.717, 1.165) is 11.1 Å². The van der Waals surface area contributed by atoms with E-state index in [2.05, 4.69) is 11.9 Å². The molecule has 1 atom stereocenters. The molecule has 1 aromatic rings. The minimum Gasteiger partial charge on any atom is -0.394 e. The summed E-state index contributed by atoms with van der Waals surface area (Å²) in [5, 5.41) is 12.1. The first-order valence-electron chi connectivity index (χ1n) is 5.72. The van der Waals surface area contributed by atoms with Crippen LogP contribution in [0.4, 0.5) is 0 Å². The van der Waals surface area contributed by atoms with Crippen LogP contribution in [0.15, 0.2) is 30.8 Å². The van der Waals surface area contributed by atoms with Crippen LogP contribution < -0.4 is 5.32 Å². The van der Waals surface area contributed by atoms with Crippen molar-refractivity contribution in [3.8, 4) is 0 Å². The molecule has 0 heterocycles. The van der Waals surface area contributed by atoms with E-state index >= 15 is 0 Å². The molecule has 1 aromatic carbocycles. The zero-order valence-electron chi connectivity index (χ0n) is 10.3. The first kappa shape index (κ1) is 13.5. The highest BCUT2D eigenvalue weighted by atomic mass is 16.3. The van der Waals surface area contributed by atoms with E-state index in [1.807, 2.05) is 38.1 Å². The van der Waals surface area contributed by atoms with Crippen molar-refractivity contribution in [1.29, 1.82) is 0 Å². The Bertz CT molecular complexity index is 399. The number of aliphatic hydroxyl groups is 1. The van der Waals surface area contributed by atoms with Gasteiger partial charge in [-0.05, 0) is 17.2 Å². The predicted octanol–water partition coefficient (Wildman–Crippen LogP) is 2.14. The average molecular weight is 233 g/mol. The van der Waals surface area contributed by atoms with E-state index in [0.29, 0.717) is 0 Å². The van der Waals surface area contributed by atoms with E-state index in [-0.39, 0.29) is 24.5 Å². The topological polar surface area (TPSA) is 49.3 Å². The molecule has 0 aliphatic carbocycles. The maximum Gasteiger partial charge on any atom is 0.223 e. The maximum atomic E-state index is 11.6. The monoisotopic (exact) mass is 233 g/mol. The minimum atomic E-state index is -0.357. The molecular formula is C14H19NO2. The average Bonchev–Trinajstić information content (AvgIpc) is 2.35. The third kappa shape index (κ3) is 3.71. The number of hydrogen-bond acceptors (Lipinski definition) is 2. The lowest BCUT2D eigenvalue weighted by Gasteiger charge is -2.18. The zero-order valence-corrected chi connectivity index (χ0v) is 10.3. The van der Waals surface area contributed by atoms with Gasteiger partial charge in [0.15, 0.2) is 0 Å². The van der Waals surface area contributed by atoms with E-state index in [4.69, 9.17) is 0 Å². The number of rotatable bonds is 5. The van der Waals surface area contributed by atoms with Gasteiger partial charge in [-0.15, -0.1) is 0 Å². The van der Waals surface area contributed by atoms with Crippen LogP contribution in [-0.2, 0) is 4.79 Å². The van der Waals surface area contributed by atoms with Gasteiger partial charge >= 0.3 is 0 Å². The molecule has 0 spiro atoms. The van der Waals surface area contributed by atoms with Crippen molar-refractivity contribution < 1.29 is 9.90 Å². The van der Waals surface area contributed by atoms with Crippen LogP contribution in [0.5, 0.6) is 0 Å². The maximum absolute atomic E-state index is 11.6. The summed E-state index contributed by atoms with van der Waals surface area (Å²) in [7, 11) is 0. The molecule has 2 N–H and O–H groups in total. The van der Waals surface area contributed by atoms with Gasteiger partial charge in [0.25, 0.3) is 0 Å². The summed E-state index contributed by atoms with van der Waals surface area (Å²) in [5.41, 5.74) is 1.86. The Morgan fingerprint density at radius 2 is 2.24 bits per heavy atom. The van der Waals surface area contributed by atoms with Gasteiger partial charge in [-0.2, -0.15) is 0 Å². The zero-order chi connectivity index (χ0) is 12.8. The molecule has 0 saturated heterocycles. The van der Waals surface area contributed by atoms with Gasteiger partial charge in [0.2, 0.25) is 5.91 Å². The highest BCUT2D eigenvalue weighted by Gasteiger charge is 2.15. The molecule has 1 amide bonds. The van der Waals surface area contributed by atoms with Crippen LogP contribution in [0.25, 0.3) is 6.08 Å². The Morgan fingerprint density at radius 3 is 2.76 bits per heavy atom. The number of carbonyl (C=O) groups is 1. The number of amides is 1. The lowest BCUT2D eigenvalue weighted by Crippen LogP contribution is -2.33. The van der Waals surface area contributed by atoms with Crippen LogP contribution >= 0.6 is 0 Å². The Morgan fingerprint density at radius 1 is 1.53 bits per heavy atom. The summed E-state index contributed by atoms with van der Waals surface area (Å²) in [4.78, 5) is 11.6. The van der Waals surface area contributed by atoms with Crippen molar-refractivity contribution in [2.75, 3.05) is 6.61 Å². The predicted molar refractivity (Wildman–Crippen MR) is 69.3 cm³/mol. The van der Waals surface area contributed by atoms with Gasteiger partial charge in [0.1, 0.15) is 0 Å². The van der Waals surface area contributed by atoms with Gasteiger partial charge in [-0.1, -0.05) is 44.7 Å². The molecule has 0 saturated carbocycles. The van der Waals surface area contributed by atoms with Gasteiger partial charge < -0.3 is 10.4 Å². The summed E-state index contributed by atoms with van der Waals surface area (Å²) in [6.45, 7) is 7.23. The Kier molecular flexibility index (Phi) is 4.91. The molecule has 0 radical (unpaired) electrons. The SMILES string of the molecule is C=Cc1cccc(C(CO)NC(=O)C(C)C)c1. The number of benzene rings is 1. The number of hydrogen-bond donors (Lipinski definition) is 2. The lowest BCUT2D eigenvalue weighted by molar-refractivity contribution is -0.125. The highest BCUT2D eigenvalue weighted by Crippen LogP contribution is 2.15. The number of aliphatic hydroxyl groups excluding tert-OH is 1. The van der Waals surface area contributed by atoms with Crippen molar-refractivity contribution in [3.63, 3.8) is 0 Å². The van der Waals surface area contributed by atoms with Gasteiger partial charge in [0.05, 0.1) is 12.6 Å². The molecule has 0 aliphatic rings. The second-order valence-corrected chi connectivity index (χ2v) is 4.27. The van der Waals surface area contributed by atoms with E-state index in [1.54, 1.807) is 6.08 Å². The van der Waals surface area contributed by atoms with E-state index in [9.17, 15) is 9.90 Å². The Hall–Kier alpha value is -1.61. The van der Waals surface area contributed by atoms with Crippen LogP contribution in [0.2, 0.25) is 0 Å². The summed E-state index contributed by atoms with van der Waals surface area (Å²) in [6, 6.07) is 7.25. The molecule has 0 bridgehead atoms. The Balaban J connectivity index is 2.85. The van der Waals surface area contributed by atoms with Crippen molar-refractivity contribution in [3.05, 3.63) is 42.0 Å². The summed E-state index contributed by atoms with van der Waals surface area (Å²) in [6.07, 6.45) is 1.74. The first-order chi connectivity index (χ1) is 8.08. The second kappa shape index (κ2) is 6.21. The molecule has 3 heteroatoms. The number of carbonyl (C=O) groups excluding carboxylic acids is 1. The molecule has 17 heavy (non-hydrogen) atoms. The van der Waals surface area contributed by atoms with Crippen molar-refractivity contribution in [1.82, 2.24) is 5.32 Å². The quantitative estimate of drug-likeness (QED) is 0.818. The normalized spacial score (nSPS) is 12.2. The fourth-order valence-electron chi connectivity index (χ4n) is 1.48. The fraction of sp³-hybridized carbons (Fsp3) is 0.357. The molecule has 1 rings (SSSR count). The second-order valence-electron chi connectivity index (χ2n) is 4.27. The third-order valence-corrected chi connectivity index (χ3v) is 2.57. The summed E-state index contributed by atoms with van der Waals surface area (Å²) < 4.78 is 0. The van der Waals surface area contributed by atoms with Crippen LogP contribution in [0.1, 0.15) is 31.0 Å². The smallest absolute Gasteiger partial charge is 0.223 e.